The van der Waals surface area contributed by atoms with Crippen molar-refractivity contribution < 1.29 is 50.0 Å². The third-order valence-electron chi connectivity index (χ3n) is 9.07. The lowest BCUT2D eigenvalue weighted by Crippen LogP contribution is -2.60. The Morgan fingerprint density at radius 3 is 1.85 bits per heavy atom. The van der Waals surface area contributed by atoms with Gasteiger partial charge in [-0.3, -0.25) is 4.79 Å². The Kier molecular flexibility index (Phi) is 25.8. The molecule has 1 aliphatic rings. The van der Waals surface area contributed by atoms with E-state index in [0.29, 0.717) is 19.3 Å². The number of ether oxygens (including phenoxy) is 2. The SMILES string of the molecule is CCCC/C=C\CCCCCCC(O)C(=O)NC(COC1OC(CO)C(O)C(O)C1O)C(O)C(O)CCCCCCCCCCCC. The van der Waals surface area contributed by atoms with E-state index in [1.165, 1.54) is 51.4 Å². The van der Waals surface area contributed by atoms with E-state index in [4.69, 9.17) is 9.47 Å². The molecule has 47 heavy (non-hydrogen) atoms. The lowest BCUT2D eigenvalue weighted by atomic mass is 9.98. The molecule has 0 spiro atoms. The fraction of sp³-hybridized carbons (Fsp3) is 0.917. The molecule has 11 heteroatoms. The van der Waals surface area contributed by atoms with Crippen molar-refractivity contribution in [1.82, 2.24) is 5.32 Å². The summed E-state index contributed by atoms with van der Waals surface area (Å²) in [7, 11) is 0. The van der Waals surface area contributed by atoms with Crippen LogP contribution in [0.4, 0.5) is 0 Å². The first-order chi connectivity index (χ1) is 22.7. The molecule has 0 aromatic rings. The number of carbonyl (C=O) groups is 1. The van der Waals surface area contributed by atoms with Crippen molar-refractivity contribution in [1.29, 1.82) is 0 Å². The Balaban J connectivity index is 2.62. The maximum absolute atomic E-state index is 12.9. The van der Waals surface area contributed by atoms with Gasteiger partial charge < -0.3 is 50.5 Å². The van der Waals surface area contributed by atoms with E-state index in [1.54, 1.807) is 0 Å². The minimum atomic E-state index is -1.66. The third kappa shape index (κ3) is 19.0. The minimum absolute atomic E-state index is 0.246. The summed E-state index contributed by atoms with van der Waals surface area (Å²) in [4.78, 5) is 12.9. The second-order valence-corrected chi connectivity index (χ2v) is 13.3. The molecule has 1 amide bonds. The molecule has 0 aromatic heterocycles. The van der Waals surface area contributed by atoms with E-state index in [0.717, 1.165) is 51.4 Å². The first-order valence-electron chi connectivity index (χ1n) is 18.6. The zero-order valence-electron chi connectivity index (χ0n) is 29.3. The highest BCUT2D eigenvalue weighted by atomic mass is 16.7. The van der Waals surface area contributed by atoms with Crippen molar-refractivity contribution in [2.24, 2.45) is 0 Å². The number of rotatable bonds is 29. The van der Waals surface area contributed by atoms with Crippen LogP contribution >= 0.6 is 0 Å². The van der Waals surface area contributed by atoms with Gasteiger partial charge in [0.2, 0.25) is 5.91 Å². The van der Waals surface area contributed by atoms with Crippen molar-refractivity contribution >= 4 is 5.91 Å². The number of allylic oxidation sites excluding steroid dienone is 2. The fourth-order valence-electron chi connectivity index (χ4n) is 5.83. The Hall–Kier alpha value is -1.15. The molecule has 9 atom stereocenters. The number of hydrogen-bond acceptors (Lipinski definition) is 10. The average Bonchev–Trinajstić information content (AvgIpc) is 3.07. The van der Waals surface area contributed by atoms with Crippen LogP contribution < -0.4 is 5.32 Å². The molecule has 1 fully saturated rings. The summed E-state index contributed by atoms with van der Waals surface area (Å²) >= 11 is 0. The van der Waals surface area contributed by atoms with Gasteiger partial charge in [-0.1, -0.05) is 122 Å². The summed E-state index contributed by atoms with van der Waals surface area (Å²) in [6, 6.07) is -1.16. The van der Waals surface area contributed by atoms with E-state index in [-0.39, 0.29) is 6.42 Å². The van der Waals surface area contributed by atoms with E-state index in [1.807, 2.05) is 0 Å². The van der Waals surface area contributed by atoms with Crippen LogP contribution in [-0.4, -0.2) is 110 Å². The quantitative estimate of drug-likeness (QED) is 0.0428. The molecule has 0 aliphatic carbocycles. The Morgan fingerprint density at radius 2 is 1.26 bits per heavy atom. The van der Waals surface area contributed by atoms with E-state index in [9.17, 15) is 40.5 Å². The molecule has 9 unspecified atom stereocenters. The van der Waals surface area contributed by atoms with Crippen molar-refractivity contribution in [3.8, 4) is 0 Å². The Morgan fingerprint density at radius 1 is 0.723 bits per heavy atom. The lowest BCUT2D eigenvalue weighted by molar-refractivity contribution is -0.303. The highest BCUT2D eigenvalue weighted by Gasteiger charge is 2.44. The molecule has 1 saturated heterocycles. The molecule has 0 aromatic carbocycles. The molecular weight excluding hydrogens is 606 g/mol. The summed E-state index contributed by atoms with van der Waals surface area (Å²) in [5.74, 6) is -0.712. The number of nitrogens with one attached hydrogen (secondary N) is 1. The first-order valence-corrected chi connectivity index (χ1v) is 18.6. The second kappa shape index (κ2) is 27.6. The zero-order valence-corrected chi connectivity index (χ0v) is 29.3. The van der Waals surface area contributed by atoms with Crippen LogP contribution in [0.1, 0.15) is 142 Å². The number of aliphatic hydroxyl groups excluding tert-OH is 7. The molecule has 0 saturated carbocycles. The summed E-state index contributed by atoms with van der Waals surface area (Å²) < 4.78 is 11.0. The van der Waals surface area contributed by atoms with Crippen LogP contribution in [0.2, 0.25) is 0 Å². The van der Waals surface area contributed by atoms with Gasteiger partial charge in [0.05, 0.1) is 25.4 Å². The largest absolute Gasteiger partial charge is 0.394 e. The monoisotopic (exact) mass is 675 g/mol. The highest BCUT2D eigenvalue weighted by Crippen LogP contribution is 2.23. The zero-order chi connectivity index (χ0) is 34.9. The van der Waals surface area contributed by atoms with Gasteiger partial charge in [0.15, 0.2) is 6.29 Å². The third-order valence-corrected chi connectivity index (χ3v) is 9.07. The molecule has 0 bridgehead atoms. The van der Waals surface area contributed by atoms with Crippen molar-refractivity contribution in [3.05, 3.63) is 12.2 Å². The molecular formula is C36H69NO10. The first kappa shape index (κ1) is 43.9. The van der Waals surface area contributed by atoms with Gasteiger partial charge >= 0.3 is 0 Å². The fourth-order valence-corrected chi connectivity index (χ4v) is 5.83. The standard InChI is InChI=1S/C36H69NO10/c1-3-5-7-9-11-13-15-17-19-21-23-28(39)31(41)27(26-46-36-34(44)33(43)32(42)30(25-38)47-36)37-35(45)29(40)24-22-20-18-16-14-12-10-8-6-4-2/h10,12,27-34,36,38-44H,3-9,11,13-26H2,1-2H3,(H,37,45)/b12-10-. The van der Waals surface area contributed by atoms with Crippen LogP contribution in [0.5, 0.6) is 0 Å². The van der Waals surface area contributed by atoms with Gasteiger partial charge in [-0.05, 0) is 32.1 Å². The lowest BCUT2D eigenvalue weighted by Gasteiger charge is -2.40. The number of amides is 1. The van der Waals surface area contributed by atoms with Gasteiger partial charge in [0.1, 0.15) is 36.6 Å². The number of hydrogen-bond donors (Lipinski definition) is 8. The molecule has 11 nitrogen and oxygen atoms in total. The van der Waals surface area contributed by atoms with Gasteiger partial charge in [0, 0.05) is 0 Å². The van der Waals surface area contributed by atoms with Gasteiger partial charge in [-0.2, -0.15) is 0 Å². The summed E-state index contributed by atoms with van der Waals surface area (Å²) in [5.41, 5.74) is 0. The molecule has 0 radical (unpaired) electrons. The maximum atomic E-state index is 12.9. The Labute approximate surface area is 283 Å². The topological polar surface area (TPSA) is 189 Å². The molecule has 278 valence electrons. The van der Waals surface area contributed by atoms with Gasteiger partial charge in [-0.25, -0.2) is 0 Å². The van der Waals surface area contributed by atoms with Gasteiger partial charge in [-0.15, -0.1) is 0 Å². The predicted molar refractivity (Wildman–Crippen MR) is 182 cm³/mol. The van der Waals surface area contributed by atoms with Crippen LogP contribution in [0, 0.1) is 0 Å². The average molecular weight is 676 g/mol. The summed E-state index contributed by atoms with van der Waals surface area (Å²) in [5, 5.41) is 74.9. The highest BCUT2D eigenvalue weighted by molar-refractivity contribution is 5.80. The van der Waals surface area contributed by atoms with Crippen molar-refractivity contribution in [2.75, 3.05) is 13.2 Å². The molecule has 1 rings (SSSR count). The molecule has 8 N–H and O–H groups in total. The number of carbonyl (C=O) groups excluding carboxylic acids is 1. The summed E-state index contributed by atoms with van der Waals surface area (Å²) in [6.07, 6.45) is 12.9. The van der Waals surface area contributed by atoms with E-state index >= 15 is 0 Å². The smallest absolute Gasteiger partial charge is 0.249 e. The van der Waals surface area contributed by atoms with Crippen LogP contribution in [0.25, 0.3) is 0 Å². The Bertz CT molecular complexity index is 785. The predicted octanol–water partition coefficient (Wildman–Crippen LogP) is 3.77. The summed E-state index contributed by atoms with van der Waals surface area (Å²) in [6.45, 7) is 3.32. The minimum Gasteiger partial charge on any atom is -0.394 e. The second-order valence-electron chi connectivity index (χ2n) is 13.3. The van der Waals surface area contributed by atoms with Gasteiger partial charge in [0.25, 0.3) is 0 Å². The number of unbranched alkanes of at least 4 members (excludes halogenated alkanes) is 15. The van der Waals surface area contributed by atoms with Crippen LogP contribution in [0.15, 0.2) is 12.2 Å². The molecule has 1 aliphatic heterocycles. The van der Waals surface area contributed by atoms with E-state index < -0.39 is 74.2 Å². The van der Waals surface area contributed by atoms with E-state index in [2.05, 4.69) is 31.3 Å². The van der Waals surface area contributed by atoms with Crippen LogP contribution in [-0.2, 0) is 14.3 Å². The molecule has 1 heterocycles. The normalized spacial score (nSPS) is 24.3. The van der Waals surface area contributed by atoms with Crippen molar-refractivity contribution in [2.45, 2.75) is 197 Å². The maximum Gasteiger partial charge on any atom is 0.249 e. The van der Waals surface area contributed by atoms with Crippen molar-refractivity contribution in [3.63, 3.8) is 0 Å². The number of aliphatic hydroxyl groups is 7. The van der Waals surface area contributed by atoms with Crippen LogP contribution in [0.3, 0.4) is 0 Å².